The minimum Gasteiger partial charge on any atom is -0.481 e. The molecule has 2 aromatic rings. The number of carboxylic acids is 2. The molecule has 0 aliphatic carbocycles. The van der Waals surface area contributed by atoms with Crippen molar-refractivity contribution in [3.05, 3.63) is 54.1 Å². The van der Waals surface area contributed by atoms with Crippen LogP contribution in [0.15, 0.2) is 42.9 Å². The molecule has 1 aliphatic heterocycles. The third kappa shape index (κ3) is 21.2. The van der Waals surface area contributed by atoms with E-state index in [1.54, 1.807) is 71.9 Å². The van der Waals surface area contributed by atoms with Crippen LogP contribution in [0, 0.1) is 17.8 Å². The summed E-state index contributed by atoms with van der Waals surface area (Å²) in [7, 11) is 0. The minimum absolute atomic E-state index is 0.0383. The number of H-pyrrole nitrogens is 1. The largest absolute Gasteiger partial charge is 0.481 e. The second kappa shape index (κ2) is 30.9. The first-order chi connectivity index (χ1) is 36.2. The molecule has 0 saturated carbocycles. The Morgan fingerprint density at radius 3 is 1.74 bits per heavy atom. The topological polar surface area (TPSA) is 417 Å². The summed E-state index contributed by atoms with van der Waals surface area (Å²) in [6.45, 7) is 11.6. The zero-order valence-electron chi connectivity index (χ0n) is 44.7. The lowest BCUT2D eigenvalue weighted by molar-refractivity contribution is -0.144. The minimum atomic E-state index is -1.66. The summed E-state index contributed by atoms with van der Waals surface area (Å²) in [4.78, 5) is 155. The Bertz CT molecular complexity index is 2350. The number of hydrogen-bond acceptors (Lipinski definition) is 14. The Labute approximate surface area is 447 Å². The van der Waals surface area contributed by atoms with Gasteiger partial charge >= 0.3 is 11.9 Å². The molecule has 1 aliphatic rings. The zero-order chi connectivity index (χ0) is 57.7. The number of hydrogen-bond donors (Lipinski definition) is 13. The number of aromatic nitrogens is 2. The summed E-state index contributed by atoms with van der Waals surface area (Å²) in [6, 6.07) is -3.69. The molecule has 3 rings (SSSR count). The maximum Gasteiger partial charge on any atom is 0.326 e. The molecule has 0 spiro atoms. The molecule has 1 saturated heterocycles. The van der Waals surface area contributed by atoms with E-state index in [0.717, 1.165) is 10.5 Å². The van der Waals surface area contributed by atoms with E-state index < -0.39 is 157 Å². The smallest absolute Gasteiger partial charge is 0.326 e. The fourth-order valence-electron chi connectivity index (χ4n) is 8.56. The van der Waals surface area contributed by atoms with Crippen LogP contribution in [-0.2, 0) is 65.6 Å². The SMILES string of the molecule is CC(C)C[C@H](NC(=O)[C@H](Cc1cnc[nH]1)NC(=O)[C@H](CC(C)C)NC(=O)[C@@H]1CCCN1C(=O)[C@H](CCC(=O)O)NC(=O)[C@H](CCC(N)=O)NC(=O)[C@@H](NC(=O)[C@@H](N)Cc1ccccc1)[C@@H](C)O)C(=O)N[C@H](C(=O)O)C(C)C. The van der Waals surface area contributed by atoms with Crippen molar-refractivity contribution in [1.29, 1.82) is 0 Å². The number of primary amides is 1. The van der Waals surface area contributed by atoms with Crippen molar-refractivity contribution in [2.75, 3.05) is 6.54 Å². The van der Waals surface area contributed by atoms with Crippen molar-refractivity contribution in [3.8, 4) is 0 Å². The number of carbonyl (C=O) groups excluding carboxylic acids is 9. The predicted octanol–water partition coefficient (Wildman–Crippen LogP) is -1.75. The molecule has 10 atom stereocenters. The van der Waals surface area contributed by atoms with Crippen molar-refractivity contribution in [1.82, 2.24) is 52.1 Å². The Morgan fingerprint density at radius 2 is 1.19 bits per heavy atom. The fraction of sp³-hybridized carbons (Fsp3) is 0.608. The van der Waals surface area contributed by atoms with Gasteiger partial charge in [0.05, 0.1) is 18.5 Å². The molecule has 15 N–H and O–H groups in total. The number of carbonyl (C=O) groups is 11. The Morgan fingerprint density at radius 1 is 0.662 bits per heavy atom. The number of rotatable bonds is 32. The van der Waals surface area contributed by atoms with E-state index in [2.05, 4.69) is 47.2 Å². The average Bonchev–Trinajstić information content (AvgIpc) is 4.07. The van der Waals surface area contributed by atoms with Gasteiger partial charge in [-0.05, 0) is 75.2 Å². The molecule has 0 radical (unpaired) electrons. The number of aromatic amines is 1. The van der Waals surface area contributed by atoms with Gasteiger partial charge in [0.15, 0.2) is 0 Å². The van der Waals surface area contributed by atoms with Gasteiger partial charge < -0.3 is 73.9 Å². The second-order valence-electron chi connectivity index (χ2n) is 20.6. The first-order valence-corrected chi connectivity index (χ1v) is 25.8. The quantitative estimate of drug-likeness (QED) is 0.0386. The Hall–Kier alpha value is -7.48. The van der Waals surface area contributed by atoms with Crippen LogP contribution < -0.4 is 48.7 Å². The summed E-state index contributed by atoms with van der Waals surface area (Å²) in [5.41, 5.74) is 12.6. The first kappa shape index (κ1) is 63.8. The number of aliphatic hydroxyl groups excluding tert-OH is 1. The number of aliphatic carboxylic acids is 2. The van der Waals surface area contributed by atoms with E-state index in [-0.39, 0.29) is 56.9 Å². The number of amides is 9. The number of nitrogens with two attached hydrogens (primary N) is 2. The summed E-state index contributed by atoms with van der Waals surface area (Å²) >= 11 is 0. The lowest BCUT2D eigenvalue weighted by Gasteiger charge is -2.31. The maximum absolute atomic E-state index is 14.4. The Kier molecular flexibility index (Phi) is 25.6. The van der Waals surface area contributed by atoms with Gasteiger partial charge in [-0.15, -0.1) is 0 Å². The van der Waals surface area contributed by atoms with Crippen LogP contribution in [0.2, 0.25) is 0 Å². The zero-order valence-corrected chi connectivity index (χ0v) is 44.7. The highest BCUT2D eigenvalue weighted by Gasteiger charge is 2.41. The molecule has 1 aromatic heterocycles. The standard InChI is InChI=1S/C51H78N12O14/c1-26(2)20-35(45(70)59-37(23-31-24-54-25-55-31)46(71)58-36(21-27(3)4)47(72)61-41(28(5)6)51(76)77)60-48(73)38-14-11-19-63(38)50(75)34(16-18-40(66)67)57-44(69)33(15-17-39(53)65)56-49(74)42(29(7)64)62-43(68)32(52)22-30-12-9-8-10-13-30/h8-10,12-13,24-29,32-38,41-42,64H,11,14-23,52H2,1-7H3,(H2,53,65)(H,54,55)(H,56,74)(H,57,69)(H,58,71)(H,59,70)(H,60,73)(H,61,72)(H,62,68)(H,66,67)(H,76,77)/t29-,32+,33+,34+,35+,36+,37+,38+,41+,42+/m1/s1. The van der Waals surface area contributed by atoms with Gasteiger partial charge in [-0.25, -0.2) is 9.78 Å². The van der Waals surface area contributed by atoms with E-state index >= 15 is 0 Å². The van der Waals surface area contributed by atoms with Crippen LogP contribution >= 0.6 is 0 Å². The normalized spacial score (nSPS) is 16.8. The molecule has 77 heavy (non-hydrogen) atoms. The number of nitrogens with zero attached hydrogens (tertiary/aromatic N) is 2. The summed E-state index contributed by atoms with van der Waals surface area (Å²) in [6.07, 6.45) is -0.354. The number of aliphatic hydroxyl groups is 1. The van der Waals surface area contributed by atoms with Crippen molar-refractivity contribution in [3.63, 3.8) is 0 Å². The van der Waals surface area contributed by atoms with E-state index in [0.29, 0.717) is 5.69 Å². The van der Waals surface area contributed by atoms with Crippen LogP contribution in [0.5, 0.6) is 0 Å². The van der Waals surface area contributed by atoms with Gasteiger partial charge in [0.25, 0.3) is 0 Å². The fourth-order valence-corrected chi connectivity index (χ4v) is 8.56. The molecular formula is C51H78N12O14. The van der Waals surface area contributed by atoms with Crippen molar-refractivity contribution in [2.24, 2.45) is 29.2 Å². The number of likely N-dealkylation sites (tertiary alicyclic amines) is 1. The molecular weight excluding hydrogens is 1000 g/mol. The van der Waals surface area contributed by atoms with E-state index in [4.69, 9.17) is 11.5 Å². The maximum atomic E-state index is 14.4. The molecule has 9 amide bonds. The van der Waals surface area contributed by atoms with Crippen LogP contribution in [0.4, 0.5) is 0 Å². The highest BCUT2D eigenvalue weighted by molar-refractivity contribution is 5.98. The second-order valence-corrected chi connectivity index (χ2v) is 20.6. The van der Waals surface area contributed by atoms with E-state index in [1.807, 2.05) is 0 Å². The van der Waals surface area contributed by atoms with Crippen molar-refractivity contribution < 1.29 is 68.1 Å². The van der Waals surface area contributed by atoms with Gasteiger partial charge in [0, 0.05) is 37.7 Å². The average molecular weight is 1080 g/mol. The lowest BCUT2D eigenvalue weighted by Crippen LogP contribution is -2.61. The van der Waals surface area contributed by atoms with Crippen LogP contribution in [0.1, 0.15) is 111 Å². The highest BCUT2D eigenvalue weighted by atomic mass is 16.4. The number of benzene rings is 1. The molecule has 0 unspecified atom stereocenters. The predicted molar refractivity (Wildman–Crippen MR) is 277 cm³/mol. The molecule has 1 fully saturated rings. The summed E-state index contributed by atoms with van der Waals surface area (Å²) in [5.74, 6) is -11.3. The molecule has 0 bridgehead atoms. The third-order valence-corrected chi connectivity index (χ3v) is 12.6. The number of imidazole rings is 1. The monoisotopic (exact) mass is 1080 g/mol. The lowest BCUT2D eigenvalue weighted by atomic mass is 9.99. The van der Waals surface area contributed by atoms with Gasteiger partial charge in [0.2, 0.25) is 53.2 Å². The molecule has 1 aromatic carbocycles. The van der Waals surface area contributed by atoms with Crippen LogP contribution in [-0.4, -0.2) is 162 Å². The van der Waals surface area contributed by atoms with Crippen molar-refractivity contribution >= 4 is 65.1 Å². The van der Waals surface area contributed by atoms with Gasteiger partial charge in [-0.3, -0.25) is 47.9 Å². The molecule has 26 nitrogen and oxygen atoms in total. The summed E-state index contributed by atoms with van der Waals surface area (Å²) < 4.78 is 0. The molecule has 26 heteroatoms. The number of carboxylic acid groups (broad SMARTS) is 2. The van der Waals surface area contributed by atoms with Gasteiger partial charge in [-0.1, -0.05) is 71.9 Å². The van der Waals surface area contributed by atoms with E-state index in [1.165, 1.54) is 19.4 Å². The van der Waals surface area contributed by atoms with Crippen molar-refractivity contribution in [2.45, 2.75) is 173 Å². The van der Waals surface area contributed by atoms with Gasteiger partial charge in [-0.2, -0.15) is 0 Å². The van der Waals surface area contributed by atoms with Crippen LogP contribution in [0.25, 0.3) is 0 Å². The Balaban J connectivity index is 1.86. The first-order valence-electron chi connectivity index (χ1n) is 25.8. The van der Waals surface area contributed by atoms with Crippen LogP contribution in [0.3, 0.4) is 0 Å². The molecule has 2 heterocycles. The highest BCUT2D eigenvalue weighted by Crippen LogP contribution is 2.21. The van der Waals surface area contributed by atoms with Gasteiger partial charge in [0.1, 0.15) is 48.3 Å². The van der Waals surface area contributed by atoms with E-state index in [9.17, 15) is 68.1 Å². The number of nitrogens with one attached hydrogen (secondary N) is 8. The molecule has 426 valence electrons. The third-order valence-electron chi connectivity index (χ3n) is 12.6. The summed E-state index contributed by atoms with van der Waals surface area (Å²) in [5, 5.41) is 47.7.